The van der Waals surface area contributed by atoms with Crippen molar-refractivity contribution < 1.29 is 13.2 Å². The third-order valence-corrected chi connectivity index (χ3v) is 5.84. The average molecular weight is 384 g/mol. The number of H-pyrrole nitrogens is 1. The SMILES string of the molecule is NS(=O)(=O)c1ccc2c(c1)CCCCN2C(=O)Cc1c[nH]c2ncccc12. The number of fused-ring (bicyclic) bond motifs is 2. The van der Waals surface area contributed by atoms with Crippen LogP contribution in [0.5, 0.6) is 0 Å². The first-order chi connectivity index (χ1) is 12.9. The number of aromatic nitrogens is 2. The number of nitrogens with zero attached hydrogens (tertiary/aromatic N) is 2. The molecule has 2 aromatic heterocycles. The molecule has 8 heteroatoms. The average Bonchev–Trinajstić information content (AvgIpc) is 2.91. The molecule has 27 heavy (non-hydrogen) atoms. The van der Waals surface area contributed by atoms with Crippen LogP contribution in [0, 0.1) is 0 Å². The minimum atomic E-state index is -3.77. The fraction of sp³-hybridized carbons (Fsp3) is 0.263. The second kappa shape index (κ2) is 6.79. The van der Waals surface area contributed by atoms with Crippen LogP contribution in [-0.2, 0) is 27.7 Å². The molecule has 1 aliphatic rings. The van der Waals surface area contributed by atoms with E-state index >= 15 is 0 Å². The summed E-state index contributed by atoms with van der Waals surface area (Å²) in [5.74, 6) is -0.0220. The normalized spacial score (nSPS) is 14.8. The van der Waals surface area contributed by atoms with Crippen molar-refractivity contribution in [3.05, 3.63) is 53.9 Å². The number of anilines is 1. The van der Waals surface area contributed by atoms with E-state index in [1.807, 2.05) is 18.3 Å². The van der Waals surface area contributed by atoms with Gasteiger partial charge in [-0.2, -0.15) is 0 Å². The van der Waals surface area contributed by atoms with Gasteiger partial charge in [-0.3, -0.25) is 4.79 Å². The first-order valence-electron chi connectivity index (χ1n) is 8.80. The number of carbonyl (C=O) groups is 1. The van der Waals surface area contributed by atoms with Crippen molar-refractivity contribution in [2.75, 3.05) is 11.4 Å². The van der Waals surface area contributed by atoms with Gasteiger partial charge in [-0.25, -0.2) is 18.5 Å². The first kappa shape index (κ1) is 17.7. The van der Waals surface area contributed by atoms with Crippen LogP contribution in [0.4, 0.5) is 5.69 Å². The Bertz CT molecular complexity index is 1120. The smallest absolute Gasteiger partial charge is 0.238 e. The number of aromatic amines is 1. The zero-order valence-corrected chi connectivity index (χ0v) is 15.5. The van der Waals surface area contributed by atoms with Gasteiger partial charge in [-0.05, 0) is 60.7 Å². The van der Waals surface area contributed by atoms with Crippen LogP contribution >= 0.6 is 0 Å². The molecule has 1 amide bonds. The number of hydrogen-bond acceptors (Lipinski definition) is 4. The van der Waals surface area contributed by atoms with E-state index in [-0.39, 0.29) is 17.2 Å². The lowest BCUT2D eigenvalue weighted by Crippen LogP contribution is -2.33. The summed E-state index contributed by atoms with van der Waals surface area (Å²) < 4.78 is 23.3. The summed E-state index contributed by atoms with van der Waals surface area (Å²) in [6.07, 6.45) is 6.25. The maximum atomic E-state index is 13.1. The second-order valence-corrected chi connectivity index (χ2v) is 8.29. The monoisotopic (exact) mass is 384 g/mol. The van der Waals surface area contributed by atoms with E-state index < -0.39 is 10.0 Å². The first-order valence-corrected chi connectivity index (χ1v) is 10.4. The van der Waals surface area contributed by atoms with Crippen LogP contribution in [0.25, 0.3) is 11.0 Å². The number of hydrogen-bond donors (Lipinski definition) is 2. The molecular formula is C19H20N4O3S. The molecule has 7 nitrogen and oxygen atoms in total. The summed E-state index contributed by atoms with van der Waals surface area (Å²) in [6, 6.07) is 8.53. The van der Waals surface area contributed by atoms with Crippen molar-refractivity contribution >= 4 is 32.7 Å². The molecule has 3 aromatic rings. The molecule has 0 atom stereocenters. The fourth-order valence-corrected chi connectivity index (χ4v) is 4.15. The van der Waals surface area contributed by atoms with E-state index in [1.165, 1.54) is 6.07 Å². The molecule has 1 aliphatic heterocycles. The largest absolute Gasteiger partial charge is 0.346 e. The molecule has 0 radical (unpaired) electrons. The molecule has 3 heterocycles. The quantitative estimate of drug-likeness (QED) is 0.721. The maximum absolute atomic E-state index is 13.1. The van der Waals surface area contributed by atoms with Gasteiger partial charge in [0.25, 0.3) is 0 Å². The van der Waals surface area contributed by atoms with Crippen LogP contribution in [0.15, 0.2) is 47.6 Å². The van der Waals surface area contributed by atoms with Gasteiger partial charge in [0.1, 0.15) is 5.65 Å². The fourth-order valence-electron chi connectivity index (χ4n) is 3.58. The zero-order chi connectivity index (χ0) is 19.0. The van der Waals surface area contributed by atoms with Crippen LogP contribution in [-0.4, -0.2) is 30.8 Å². The second-order valence-electron chi connectivity index (χ2n) is 6.73. The Morgan fingerprint density at radius 1 is 1.26 bits per heavy atom. The van der Waals surface area contributed by atoms with Crippen LogP contribution < -0.4 is 10.0 Å². The number of benzene rings is 1. The molecule has 0 fully saturated rings. The van der Waals surface area contributed by atoms with Crippen LogP contribution in [0.1, 0.15) is 24.0 Å². The summed E-state index contributed by atoms with van der Waals surface area (Å²) >= 11 is 0. The van der Waals surface area contributed by atoms with E-state index in [1.54, 1.807) is 23.2 Å². The van der Waals surface area contributed by atoms with Crippen molar-refractivity contribution in [3.63, 3.8) is 0 Å². The van der Waals surface area contributed by atoms with E-state index in [0.29, 0.717) is 6.54 Å². The summed E-state index contributed by atoms with van der Waals surface area (Å²) in [5, 5.41) is 6.18. The topological polar surface area (TPSA) is 109 Å². The third-order valence-electron chi connectivity index (χ3n) is 4.93. The number of nitrogens with one attached hydrogen (secondary N) is 1. The number of carbonyl (C=O) groups excluding carboxylic acids is 1. The molecule has 140 valence electrons. The number of amides is 1. The minimum absolute atomic E-state index is 0.0220. The number of rotatable bonds is 3. The van der Waals surface area contributed by atoms with E-state index in [0.717, 1.165) is 47.1 Å². The van der Waals surface area contributed by atoms with Gasteiger partial charge >= 0.3 is 0 Å². The number of aryl methyl sites for hydroxylation is 1. The molecule has 1 aromatic carbocycles. The van der Waals surface area contributed by atoms with Gasteiger partial charge in [0.2, 0.25) is 15.9 Å². The molecule has 0 unspecified atom stereocenters. The molecule has 0 saturated heterocycles. The highest BCUT2D eigenvalue weighted by Crippen LogP contribution is 2.29. The molecule has 0 aliphatic carbocycles. The molecule has 0 bridgehead atoms. The summed E-state index contributed by atoms with van der Waals surface area (Å²) in [4.78, 5) is 22.2. The van der Waals surface area contributed by atoms with E-state index in [4.69, 9.17) is 5.14 Å². The number of primary sulfonamides is 1. The Hall–Kier alpha value is -2.71. The zero-order valence-electron chi connectivity index (χ0n) is 14.7. The number of nitrogens with two attached hydrogens (primary N) is 1. The maximum Gasteiger partial charge on any atom is 0.238 e. The predicted molar refractivity (Wildman–Crippen MR) is 103 cm³/mol. The summed E-state index contributed by atoms with van der Waals surface area (Å²) in [5.41, 5.74) is 3.26. The van der Waals surface area contributed by atoms with Gasteiger partial charge < -0.3 is 9.88 Å². The Kier molecular flexibility index (Phi) is 4.45. The van der Waals surface area contributed by atoms with Crippen molar-refractivity contribution in [2.45, 2.75) is 30.6 Å². The number of sulfonamides is 1. The highest BCUT2D eigenvalue weighted by molar-refractivity contribution is 7.89. The third kappa shape index (κ3) is 3.45. The molecular weight excluding hydrogens is 364 g/mol. The lowest BCUT2D eigenvalue weighted by molar-refractivity contribution is -0.118. The van der Waals surface area contributed by atoms with Crippen LogP contribution in [0.3, 0.4) is 0 Å². The summed E-state index contributed by atoms with van der Waals surface area (Å²) in [6.45, 7) is 0.612. The molecule has 0 spiro atoms. The summed E-state index contributed by atoms with van der Waals surface area (Å²) in [7, 11) is -3.77. The highest BCUT2D eigenvalue weighted by atomic mass is 32.2. The lowest BCUT2D eigenvalue weighted by atomic mass is 10.1. The highest BCUT2D eigenvalue weighted by Gasteiger charge is 2.23. The lowest BCUT2D eigenvalue weighted by Gasteiger charge is -2.23. The Morgan fingerprint density at radius 2 is 2.11 bits per heavy atom. The van der Waals surface area contributed by atoms with Gasteiger partial charge in [-0.1, -0.05) is 0 Å². The van der Waals surface area contributed by atoms with Gasteiger partial charge in [0.05, 0.1) is 11.3 Å². The molecule has 0 saturated carbocycles. The van der Waals surface area contributed by atoms with E-state index in [2.05, 4.69) is 9.97 Å². The number of pyridine rings is 1. The van der Waals surface area contributed by atoms with Gasteiger partial charge in [0.15, 0.2) is 0 Å². The minimum Gasteiger partial charge on any atom is -0.346 e. The molecule has 3 N–H and O–H groups in total. The Labute approximate surface area is 157 Å². The van der Waals surface area contributed by atoms with E-state index in [9.17, 15) is 13.2 Å². The van der Waals surface area contributed by atoms with Crippen molar-refractivity contribution in [3.8, 4) is 0 Å². The van der Waals surface area contributed by atoms with Crippen molar-refractivity contribution in [1.82, 2.24) is 9.97 Å². The Morgan fingerprint density at radius 3 is 2.93 bits per heavy atom. The Balaban J connectivity index is 1.66. The van der Waals surface area contributed by atoms with Gasteiger partial charge in [0, 0.05) is 30.0 Å². The van der Waals surface area contributed by atoms with Crippen molar-refractivity contribution in [2.24, 2.45) is 5.14 Å². The molecule has 4 rings (SSSR count). The predicted octanol–water partition coefficient (Wildman–Crippen LogP) is 2.12. The van der Waals surface area contributed by atoms with Crippen LogP contribution in [0.2, 0.25) is 0 Å². The van der Waals surface area contributed by atoms with Gasteiger partial charge in [-0.15, -0.1) is 0 Å². The van der Waals surface area contributed by atoms with Crippen molar-refractivity contribution in [1.29, 1.82) is 0 Å². The standard InChI is InChI=1S/C19H20N4O3S/c20-27(25,26)15-6-7-17-13(10-15)4-1-2-9-23(17)18(24)11-14-12-22-19-16(14)5-3-8-21-19/h3,5-8,10,12H,1-2,4,9,11H2,(H,21,22)(H2,20,25,26).